The predicted molar refractivity (Wildman–Crippen MR) is 89.0 cm³/mol. The van der Waals surface area contributed by atoms with Crippen LogP contribution in [0, 0.1) is 5.92 Å². The fraction of sp³-hybridized carbons (Fsp3) is 0.375. The van der Waals surface area contributed by atoms with Crippen LogP contribution in [0.4, 0.5) is 0 Å². The van der Waals surface area contributed by atoms with Crippen molar-refractivity contribution in [2.75, 3.05) is 13.1 Å². The minimum absolute atomic E-state index is 0.708. The minimum atomic E-state index is 0.708. The molecule has 0 amide bonds. The van der Waals surface area contributed by atoms with Crippen LogP contribution in [0.25, 0.3) is 16.5 Å². The Kier molecular flexibility index (Phi) is 5.37. The van der Waals surface area contributed by atoms with Crippen LogP contribution in [0.15, 0.2) is 34.5 Å². The topological polar surface area (TPSA) is 12.0 Å². The van der Waals surface area contributed by atoms with Gasteiger partial charge in [0.25, 0.3) is 0 Å². The van der Waals surface area contributed by atoms with Gasteiger partial charge in [0.05, 0.1) is 0 Å². The Morgan fingerprint density at radius 1 is 1.37 bits per heavy atom. The van der Waals surface area contributed by atoms with E-state index in [4.69, 9.17) is 0 Å². The van der Waals surface area contributed by atoms with Crippen LogP contribution in [-0.2, 0) is 0 Å². The zero-order valence-corrected chi connectivity index (χ0v) is 13.4. The molecule has 2 aromatic rings. The highest BCUT2D eigenvalue weighted by molar-refractivity contribution is 7.15. The Labute approximate surface area is 124 Å². The summed E-state index contributed by atoms with van der Waals surface area (Å²) in [7, 11) is 0. The molecule has 0 saturated heterocycles. The van der Waals surface area contributed by atoms with Gasteiger partial charge in [0.1, 0.15) is 0 Å². The molecule has 0 radical (unpaired) electrons. The Morgan fingerprint density at radius 2 is 2.21 bits per heavy atom. The molecule has 0 aliphatic carbocycles. The highest BCUT2D eigenvalue weighted by atomic mass is 32.1. The lowest BCUT2D eigenvalue weighted by atomic mass is 10.2. The lowest BCUT2D eigenvalue weighted by Gasteiger charge is -2.07. The van der Waals surface area contributed by atoms with Crippen molar-refractivity contribution in [3.8, 4) is 10.4 Å². The average Bonchev–Trinajstić information content (AvgIpc) is 2.97. The van der Waals surface area contributed by atoms with E-state index in [0.717, 1.165) is 13.1 Å². The van der Waals surface area contributed by atoms with Gasteiger partial charge in [-0.1, -0.05) is 25.5 Å². The lowest BCUT2D eigenvalue weighted by Crippen LogP contribution is -2.21. The van der Waals surface area contributed by atoms with Crippen molar-refractivity contribution in [3.05, 3.63) is 39.4 Å². The molecule has 2 heterocycles. The van der Waals surface area contributed by atoms with E-state index in [1.165, 1.54) is 20.9 Å². The molecule has 0 saturated carbocycles. The molecule has 0 aromatic carbocycles. The fourth-order valence-electron chi connectivity index (χ4n) is 1.85. The van der Waals surface area contributed by atoms with E-state index in [-0.39, 0.29) is 0 Å². The minimum Gasteiger partial charge on any atom is -0.313 e. The maximum Gasteiger partial charge on any atom is 0.0351 e. The van der Waals surface area contributed by atoms with Crippen molar-refractivity contribution < 1.29 is 0 Å². The molecular formula is C16H21NS2. The number of hydrogen-bond donors (Lipinski definition) is 1. The summed E-state index contributed by atoms with van der Waals surface area (Å²) in [5, 5.41) is 7.85. The molecule has 1 nitrogen and oxygen atoms in total. The van der Waals surface area contributed by atoms with Crippen LogP contribution >= 0.6 is 22.7 Å². The molecule has 1 N–H and O–H groups in total. The van der Waals surface area contributed by atoms with E-state index in [1.807, 2.05) is 11.3 Å². The van der Waals surface area contributed by atoms with E-state index in [0.29, 0.717) is 5.92 Å². The summed E-state index contributed by atoms with van der Waals surface area (Å²) in [4.78, 5) is 2.69. The second-order valence-corrected chi connectivity index (χ2v) is 7.12. The molecule has 102 valence electrons. The maximum atomic E-state index is 3.48. The second-order valence-electron chi connectivity index (χ2n) is 5.23. The Balaban J connectivity index is 1.95. The third kappa shape index (κ3) is 4.60. The first-order chi connectivity index (χ1) is 9.15. The summed E-state index contributed by atoms with van der Waals surface area (Å²) >= 11 is 3.62. The smallest absolute Gasteiger partial charge is 0.0351 e. The quantitative estimate of drug-likeness (QED) is 0.778. The number of hydrogen-bond acceptors (Lipinski definition) is 3. The fourth-order valence-corrected chi connectivity index (χ4v) is 3.56. The summed E-state index contributed by atoms with van der Waals surface area (Å²) in [5.41, 5.74) is 2.73. The molecule has 0 fully saturated rings. The monoisotopic (exact) mass is 291 g/mol. The van der Waals surface area contributed by atoms with Gasteiger partial charge in [-0.2, -0.15) is 0 Å². The zero-order valence-electron chi connectivity index (χ0n) is 11.8. The summed E-state index contributed by atoms with van der Waals surface area (Å²) in [6.07, 6.45) is 2.29. The van der Waals surface area contributed by atoms with Crippen LogP contribution in [0.3, 0.4) is 0 Å². The lowest BCUT2D eigenvalue weighted by molar-refractivity contribution is 0.572. The van der Waals surface area contributed by atoms with Crippen LogP contribution in [-0.4, -0.2) is 13.1 Å². The van der Waals surface area contributed by atoms with Gasteiger partial charge in [-0.3, -0.25) is 0 Å². The average molecular weight is 291 g/mol. The molecule has 2 rings (SSSR count). The SMILES string of the molecule is CC(=Cc1cc(-c2cccs2)cs1)CNCC(C)C. The molecule has 0 bridgehead atoms. The third-order valence-electron chi connectivity index (χ3n) is 2.77. The van der Waals surface area contributed by atoms with Crippen LogP contribution in [0.5, 0.6) is 0 Å². The third-order valence-corrected chi connectivity index (χ3v) is 4.57. The normalized spacial score (nSPS) is 12.3. The number of rotatable bonds is 6. The second kappa shape index (κ2) is 7.04. The summed E-state index contributed by atoms with van der Waals surface area (Å²) in [6.45, 7) is 8.72. The highest BCUT2D eigenvalue weighted by Crippen LogP contribution is 2.30. The molecule has 0 unspecified atom stereocenters. The molecule has 0 aliphatic rings. The van der Waals surface area contributed by atoms with Crippen molar-refractivity contribution in [1.82, 2.24) is 5.32 Å². The van der Waals surface area contributed by atoms with Crippen molar-refractivity contribution in [2.24, 2.45) is 5.92 Å². The molecular weight excluding hydrogens is 270 g/mol. The Morgan fingerprint density at radius 3 is 2.89 bits per heavy atom. The first-order valence-electron chi connectivity index (χ1n) is 6.65. The van der Waals surface area contributed by atoms with Gasteiger partial charge < -0.3 is 5.32 Å². The highest BCUT2D eigenvalue weighted by Gasteiger charge is 2.02. The predicted octanol–water partition coefficient (Wildman–Crippen LogP) is 5.13. The number of thiophene rings is 2. The van der Waals surface area contributed by atoms with Crippen LogP contribution in [0.2, 0.25) is 0 Å². The van der Waals surface area contributed by atoms with Gasteiger partial charge in [0.2, 0.25) is 0 Å². The van der Waals surface area contributed by atoms with E-state index >= 15 is 0 Å². The molecule has 0 atom stereocenters. The molecule has 19 heavy (non-hydrogen) atoms. The van der Waals surface area contributed by atoms with Gasteiger partial charge in [-0.05, 0) is 48.4 Å². The van der Waals surface area contributed by atoms with E-state index in [1.54, 1.807) is 11.3 Å². The van der Waals surface area contributed by atoms with Crippen molar-refractivity contribution >= 4 is 28.7 Å². The maximum absolute atomic E-state index is 3.48. The van der Waals surface area contributed by atoms with E-state index in [2.05, 4.69) is 61.1 Å². The largest absolute Gasteiger partial charge is 0.313 e. The Bertz CT molecular complexity index is 521. The Hall–Kier alpha value is -0.900. The molecule has 0 spiro atoms. The van der Waals surface area contributed by atoms with E-state index in [9.17, 15) is 0 Å². The van der Waals surface area contributed by atoms with Crippen LogP contribution < -0.4 is 5.32 Å². The van der Waals surface area contributed by atoms with Crippen molar-refractivity contribution in [3.63, 3.8) is 0 Å². The number of nitrogens with one attached hydrogen (secondary N) is 1. The van der Waals surface area contributed by atoms with Gasteiger partial charge in [0, 0.05) is 21.9 Å². The van der Waals surface area contributed by atoms with Gasteiger partial charge in [-0.15, -0.1) is 22.7 Å². The zero-order chi connectivity index (χ0) is 13.7. The molecule has 2 aromatic heterocycles. The molecule has 3 heteroatoms. The first kappa shape index (κ1) is 14.5. The van der Waals surface area contributed by atoms with Crippen molar-refractivity contribution in [2.45, 2.75) is 20.8 Å². The van der Waals surface area contributed by atoms with Gasteiger partial charge >= 0.3 is 0 Å². The van der Waals surface area contributed by atoms with Gasteiger partial charge in [-0.25, -0.2) is 0 Å². The summed E-state index contributed by atoms with van der Waals surface area (Å²) in [6, 6.07) is 6.56. The first-order valence-corrected chi connectivity index (χ1v) is 8.41. The van der Waals surface area contributed by atoms with E-state index < -0.39 is 0 Å². The van der Waals surface area contributed by atoms with Crippen molar-refractivity contribution in [1.29, 1.82) is 0 Å². The van der Waals surface area contributed by atoms with Crippen LogP contribution in [0.1, 0.15) is 25.6 Å². The molecule has 0 aliphatic heterocycles. The standard InChI is InChI=1S/C16H21NS2/c1-12(2)9-17-10-13(3)7-15-8-14(11-19-15)16-5-4-6-18-16/h4-8,11-12,17H,9-10H2,1-3H3. The summed E-state index contributed by atoms with van der Waals surface area (Å²) < 4.78 is 0. The summed E-state index contributed by atoms with van der Waals surface area (Å²) in [5.74, 6) is 0.708. The van der Waals surface area contributed by atoms with Gasteiger partial charge in [0.15, 0.2) is 0 Å².